The van der Waals surface area contributed by atoms with Crippen molar-refractivity contribution in [1.82, 2.24) is 10.6 Å². The Bertz CT molecular complexity index is 904. The molecule has 162 valence electrons. The van der Waals surface area contributed by atoms with Crippen molar-refractivity contribution in [1.29, 1.82) is 0 Å². The van der Waals surface area contributed by atoms with Crippen molar-refractivity contribution >= 4 is 29.7 Å². The van der Waals surface area contributed by atoms with Gasteiger partial charge < -0.3 is 20.1 Å². The predicted molar refractivity (Wildman–Crippen MR) is 108 cm³/mol. The molecular formula is C21H27N3O6. The van der Waals surface area contributed by atoms with Crippen LogP contribution in [0.1, 0.15) is 52.2 Å². The fourth-order valence-corrected chi connectivity index (χ4v) is 3.67. The molecule has 0 bridgehead atoms. The van der Waals surface area contributed by atoms with Crippen LogP contribution in [0.25, 0.3) is 0 Å². The molecule has 0 saturated carbocycles. The zero-order valence-electron chi connectivity index (χ0n) is 17.8. The van der Waals surface area contributed by atoms with Crippen molar-refractivity contribution < 1.29 is 28.7 Å². The smallest absolute Gasteiger partial charge is 0.415 e. The summed E-state index contributed by atoms with van der Waals surface area (Å²) in [5.41, 5.74) is 0.00832. The fraction of sp³-hybridized carbons (Fsp3) is 0.524. The summed E-state index contributed by atoms with van der Waals surface area (Å²) in [6, 6.07) is 4.29. The molecule has 9 nitrogen and oxygen atoms in total. The van der Waals surface area contributed by atoms with Crippen molar-refractivity contribution in [2.45, 2.75) is 64.7 Å². The van der Waals surface area contributed by atoms with Crippen molar-refractivity contribution in [3.8, 4) is 0 Å². The van der Waals surface area contributed by atoms with E-state index in [4.69, 9.17) is 9.47 Å². The molecular weight excluding hydrogens is 390 g/mol. The molecule has 1 aromatic rings. The Labute approximate surface area is 174 Å². The maximum atomic E-state index is 12.8. The number of carbonyl (C=O) groups excluding carboxylic acids is 4. The van der Waals surface area contributed by atoms with Crippen LogP contribution in [0.15, 0.2) is 18.2 Å². The Hall–Kier alpha value is -3.10. The first-order valence-corrected chi connectivity index (χ1v) is 9.89. The number of anilines is 1. The van der Waals surface area contributed by atoms with E-state index in [0.29, 0.717) is 24.1 Å². The van der Waals surface area contributed by atoms with E-state index >= 15 is 0 Å². The molecule has 1 fully saturated rings. The van der Waals surface area contributed by atoms with E-state index < -0.39 is 35.3 Å². The predicted octanol–water partition coefficient (Wildman–Crippen LogP) is 2.58. The van der Waals surface area contributed by atoms with Crippen LogP contribution < -0.4 is 16.0 Å². The molecule has 1 heterocycles. The molecule has 1 saturated heterocycles. The number of imide groups is 1. The number of hydrogen-bond donors (Lipinski definition) is 3. The minimum absolute atomic E-state index is 0.170. The van der Waals surface area contributed by atoms with Gasteiger partial charge in [-0.05, 0) is 50.8 Å². The molecule has 0 radical (unpaired) electrons. The molecule has 1 aliphatic carbocycles. The molecule has 1 aliphatic heterocycles. The van der Waals surface area contributed by atoms with Crippen LogP contribution in [-0.2, 0) is 31.1 Å². The van der Waals surface area contributed by atoms with Gasteiger partial charge in [0.15, 0.2) is 0 Å². The monoisotopic (exact) mass is 417 g/mol. The average Bonchev–Trinajstić information content (AvgIpc) is 3.10. The Morgan fingerprint density at radius 2 is 1.93 bits per heavy atom. The van der Waals surface area contributed by atoms with Gasteiger partial charge in [0.2, 0.25) is 11.5 Å². The molecule has 2 aliphatic rings. The lowest BCUT2D eigenvalue weighted by Crippen LogP contribution is -2.48. The number of amides is 4. The van der Waals surface area contributed by atoms with Crippen LogP contribution in [0.5, 0.6) is 0 Å². The topological polar surface area (TPSA) is 123 Å². The molecule has 2 atom stereocenters. The lowest BCUT2D eigenvalue weighted by Gasteiger charge is -2.25. The van der Waals surface area contributed by atoms with Gasteiger partial charge in [0.25, 0.3) is 5.91 Å². The first-order valence-electron chi connectivity index (χ1n) is 9.89. The molecule has 4 amide bonds. The number of ether oxygens (including phenoxy) is 2. The van der Waals surface area contributed by atoms with E-state index in [1.807, 2.05) is 13.8 Å². The van der Waals surface area contributed by atoms with E-state index in [1.165, 1.54) is 0 Å². The molecule has 1 aromatic carbocycles. The zero-order valence-corrected chi connectivity index (χ0v) is 17.8. The normalized spacial score (nSPS) is 21.1. The first kappa shape index (κ1) is 21.6. The van der Waals surface area contributed by atoms with Crippen LogP contribution in [0, 0.1) is 5.92 Å². The Kier molecular flexibility index (Phi) is 5.49. The number of alkyl carbamates (subject to hydrolysis) is 2. The summed E-state index contributed by atoms with van der Waals surface area (Å²) >= 11 is 0. The van der Waals surface area contributed by atoms with Gasteiger partial charge in [-0.15, -0.1) is 0 Å². The van der Waals surface area contributed by atoms with Crippen LogP contribution in [-0.4, -0.2) is 35.6 Å². The van der Waals surface area contributed by atoms with E-state index in [2.05, 4.69) is 16.0 Å². The third-order valence-corrected chi connectivity index (χ3v) is 5.02. The SMILES string of the molecule is CC(C)[C@H](NC(=O)OC(C)(C)C)C(=O)Nc1ccc2c(c1)CCC21OC(=O)NC1=O. The van der Waals surface area contributed by atoms with Gasteiger partial charge in [0.05, 0.1) is 0 Å². The lowest BCUT2D eigenvalue weighted by atomic mass is 9.95. The Morgan fingerprint density at radius 3 is 2.50 bits per heavy atom. The summed E-state index contributed by atoms with van der Waals surface area (Å²) in [4.78, 5) is 48.6. The van der Waals surface area contributed by atoms with E-state index in [0.717, 1.165) is 5.56 Å². The van der Waals surface area contributed by atoms with Gasteiger partial charge in [-0.25, -0.2) is 9.59 Å². The number of benzene rings is 1. The van der Waals surface area contributed by atoms with Crippen LogP contribution in [0.4, 0.5) is 15.3 Å². The summed E-state index contributed by atoms with van der Waals surface area (Å²) in [7, 11) is 0. The Morgan fingerprint density at radius 1 is 1.23 bits per heavy atom. The minimum Gasteiger partial charge on any atom is -0.444 e. The van der Waals surface area contributed by atoms with Crippen molar-refractivity contribution in [3.05, 3.63) is 29.3 Å². The second kappa shape index (κ2) is 7.62. The highest BCUT2D eigenvalue weighted by atomic mass is 16.6. The first-order chi connectivity index (χ1) is 13.9. The minimum atomic E-state index is -1.28. The van der Waals surface area contributed by atoms with Gasteiger partial charge in [0, 0.05) is 17.7 Å². The van der Waals surface area contributed by atoms with Gasteiger partial charge in [-0.1, -0.05) is 19.9 Å². The maximum absolute atomic E-state index is 12.8. The molecule has 9 heteroatoms. The second-order valence-electron chi connectivity index (χ2n) is 8.90. The van der Waals surface area contributed by atoms with Gasteiger partial charge in [0.1, 0.15) is 11.6 Å². The van der Waals surface area contributed by atoms with Gasteiger partial charge in [-0.3, -0.25) is 14.9 Å². The number of nitrogens with one attached hydrogen (secondary N) is 3. The standard InChI is InChI=1S/C21H27N3O6/c1-11(2)15(23-18(27)29-20(3,4)5)16(25)22-13-6-7-14-12(10-13)8-9-21(14)17(26)24-19(28)30-21/h6-7,10-11,15H,8-9H2,1-5H3,(H,22,25)(H,23,27)(H,24,26,28)/t15-,21?/m0/s1. The molecule has 1 spiro atoms. The van der Waals surface area contributed by atoms with Crippen molar-refractivity contribution in [2.75, 3.05) is 5.32 Å². The molecule has 30 heavy (non-hydrogen) atoms. The van der Waals surface area contributed by atoms with E-state index in [1.54, 1.807) is 39.0 Å². The highest BCUT2D eigenvalue weighted by Crippen LogP contribution is 2.43. The second-order valence-corrected chi connectivity index (χ2v) is 8.90. The number of aryl methyl sites for hydroxylation is 1. The molecule has 3 rings (SSSR count). The summed E-state index contributed by atoms with van der Waals surface area (Å²) in [5, 5.41) is 7.59. The number of rotatable bonds is 4. The summed E-state index contributed by atoms with van der Waals surface area (Å²) in [6.07, 6.45) is -0.533. The van der Waals surface area contributed by atoms with Crippen molar-refractivity contribution in [2.24, 2.45) is 5.92 Å². The third-order valence-electron chi connectivity index (χ3n) is 5.02. The highest BCUT2D eigenvalue weighted by Gasteiger charge is 2.54. The maximum Gasteiger partial charge on any atom is 0.415 e. The zero-order chi connectivity index (χ0) is 22.3. The fourth-order valence-electron chi connectivity index (χ4n) is 3.67. The number of hydrogen-bond acceptors (Lipinski definition) is 6. The number of fused-ring (bicyclic) bond motifs is 2. The van der Waals surface area contributed by atoms with E-state index in [-0.39, 0.29) is 11.8 Å². The molecule has 0 aromatic heterocycles. The van der Waals surface area contributed by atoms with Crippen LogP contribution in [0.2, 0.25) is 0 Å². The van der Waals surface area contributed by atoms with Crippen LogP contribution in [0.3, 0.4) is 0 Å². The van der Waals surface area contributed by atoms with E-state index in [9.17, 15) is 19.2 Å². The van der Waals surface area contributed by atoms with Gasteiger partial charge >= 0.3 is 12.2 Å². The quantitative estimate of drug-likeness (QED) is 0.692. The largest absolute Gasteiger partial charge is 0.444 e. The average molecular weight is 417 g/mol. The molecule has 1 unspecified atom stereocenters. The third kappa shape index (κ3) is 4.24. The summed E-state index contributed by atoms with van der Waals surface area (Å²) in [5.74, 6) is -1.02. The highest BCUT2D eigenvalue weighted by molar-refractivity contribution is 6.04. The Balaban J connectivity index is 1.73. The van der Waals surface area contributed by atoms with Gasteiger partial charge in [-0.2, -0.15) is 0 Å². The molecule has 3 N–H and O–H groups in total. The summed E-state index contributed by atoms with van der Waals surface area (Å²) in [6.45, 7) is 8.88. The van der Waals surface area contributed by atoms with Crippen molar-refractivity contribution in [3.63, 3.8) is 0 Å². The number of carbonyl (C=O) groups is 4. The van der Waals surface area contributed by atoms with Crippen LogP contribution >= 0.6 is 0 Å². The lowest BCUT2D eigenvalue weighted by molar-refractivity contribution is -0.132. The summed E-state index contributed by atoms with van der Waals surface area (Å²) < 4.78 is 10.5.